The van der Waals surface area contributed by atoms with Crippen LogP contribution in [0.3, 0.4) is 0 Å². The van der Waals surface area contributed by atoms with Crippen LogP contribution >= 0.6 is 0 Å². The van der Waals surface area contributed by atoms with Gasteiger partial charge in [-0.25, -0.2) is 10.1 Å². The van der Waals surface area contributed by atoms with E-state index in [1.807, 2.05) is 30.3 Å². The van der Waals surface area contributed by atoms with Gasteiger partial charge in [-0.05, 0) is 17.9 Å². The average molecular weight is 471 g/mol. The van der Waals surface area contributed by atoms with Gasteiger partial charge in [-0.15, -0.1) is 0 Å². The highest BCUT2D eigenvalue weighted by atomic mass is 32.2. The molecule has 5 N–H and O–H groups in total. The number of hydrogen-bond acceptors (Lipinski definition) is 9. The zero-order valence-corrected chi connectivity index (χ0v) is 18.1. The van der Waals surface area contributed by atoms with E-state index in [0.717, 1.165) is 16.3 Å². The Morgan fingerprint density at radius 2 is 2.00 bits per heavy atom. The van der Waals surface area contributed by atoms with Gasteiger partial charge in [0.05, 0.1) is 24.4 Å². The normalized spacial score (nSPS) is 23.4. The number of nitrogens with one attached hydrogen (secondary N) is 1. The quantitative estimate of drug-likeness (QED) is 0.317. The van der Waals surface area contributed by atoms with E-state index in [1.165, 1.54) is 0 Å². The van der Waals surface area contributed by atoms with Gasteiger partial charge < -0.3 is 15.5 Å². The molecule has 1 fully saturated rings. The summed E-state index contributed by atoms with van der Waals surface area (Å²) in [6.07, 6.45) is 3.12. The number of aliphatic hydroxyl groups excluding tert-OH is 2. The summed E-state index contributed by atoms with van der Waals surface area (Å²) in [7, 11) is -4.14. The Morgan fingerprint density at radius 1 is 1.18 bits per heavy atom. The molecule has 3 aromatic heterocycles. The van der Waals surface area contributed by atoms with E-state index in [2.05, 4.69) is 19.5 Å². The van der Waals surface area contributed by atoms with Gasteiger partial charge in [0.25, 0.3) is 0 Å². The number of aromatic nitrogens is 4. The standard InChI is InChI=1S/C21H22N6O5S/c22-33(30,31)32-11-13-7-17(21(29)20(13)28)25-18-5-6-24-19-8-16(26-27(18)19)15-10-23-9-12-3-1-2-4-14(12)15/h1-6,8-10,13,17,20-21,25,28-29H,7,11H2,(H2,22,30,31)/t13-,17-,20-,21+/m1/s1. The second-order valence-corrected chi connectivity index (χ2v) is 9.26. The van der Waals surface area contributed by atoms with Gasteiger partial charge >= 0.3 is 10.3 Å². The monoisotopic (exact) mass is 470 g/mol. The van der Waals surface area contributed by atoms with Gasteiger partial charge in [-0.3, -0.25) is 9.17 Å². The van der Waals surface area contributed by atoms with E-state index in [0.29, 0.717) is 17.2 Å². The van der Waals surface area contributed by atoms with Gasteiger partial charge in [-0.1, -0.05) is 24.3 Å². The lowest BCUT2D eigenvalue weighted by molar-refractivity contribution is 0.00777. The summed E-state index contributed by atoms with van der Waals surface area (Å²) in [6, 6.07) is 10.9. The van der Waals surface area contributed by atoms with Crippen LogP contribution in [0.1, 0.15) is 6.42 Å². The van der Waals surface area contributed by atoms with Crippen LogP contribution in [0.25, 0.3) is 27.7 Å². The first-order valence-corrected chi connectivity index (χ1v) is 11.7. The van der Waals surface area contributed by atoms with E-state index in [4.69, 9.17) is 10.2 Å². The molecule has 0 saturated heterocycles. The van der Waals surface area contributed by atoms with Crippen molar-refractivity contribution in [1.29, 1.82) is 0 Å². The number of rotatable bonds is 6. The second kappa shape index (κ2) is 8.32. The zero-order valence-electron chi connectivity index (χ0n) is 17.3. The van der Waals surface area contributed by atoms with Crippen molar-refractivity contribution < 1.29 is 22.8 Å². The van der Waals surface area contributed by atoms with E-state index in [1.54, 1.807) is 29.2 Å². The molecule has 0 aliphatic heterocycles. The number of hydrogen-bond donors (Lipinski definition) is 4. The van der Waals surface area contributed by atoms with Crippen molar-refractivity contribution >= 4 is 32.5 Å². The molecular weight excluding hydrogens is 448 g/mol. The molecule has 1 aliphatic rings. The van der Waals surface area contributed by atoms with Crippen molar-refractivity contribution in [3.8, 4) is 11.3 Å². The Morgan fingerprint density at radius 3 is 2.82 bits per heavy atom. The molecule has 1 aromatic carbocycles. The van der Waals surface area contributed by atoms with Crippen LogP contribution < -0.4 is 10.5 Å². The van der Waals surface area contributed by atoms with Gasteiger partial charge in [0, 0.05) is 41.5 Å². The van der Waals surface area contributed by atoms with E-state index >= 15 is 0 Å². The van der Waals surface area contributed by atoms with Crippen LogP contribution in [0.4, 0.5) is 5.82 Å². The SMILES string of the molecule is NS(=O)(=O)OC[C@H]1C[C@@H](Nc2ccnc3cc(-c4cncc5ccccc45)nn23)[C@H](O)[C@@H]1O. The van der Waals surface area contributed by atoms with Crippen LogP contribution in [-0.2, 0) is 14.5 Å². The minimum atomic E-state index is -4.14. The van der Waals surface area contributed by atoms with Crippen molar-refractivity contribution in [2.75, 3.05) is 11.9 Å². The topological polar surface area (TPSA) is 165 Å². The molecule has 5 rings (SSSR count). The molecule has 4 atom stereocenters. The van der Waals surface area contributed by atoms with Crippen molar-refractivity contribution in [3.63, 3.8) is 0 Å². The number of nitrogens with zero attached hydrogens (tertiary/aromatic N) is 4. The Bertz CT molecular complexity index is 1420. The lowest BCUT2D eigenvalue weighted by atomic mass is 10.1. The summed E-state index contributed by atoms with van der Waals surface area (Å²) in [4.78, 5) is 8.69. The number of nitrogens with two attached hydrogens (primary N) is 1. The highest BCUT2D eigenvalue weighted by molar-refractivity contribution is 7.84. The maximum Gasteiger partial charge on any atom is 0.333 e. The minimum absolute atomic E-state index is 0.267. The Balaban J connectivity index is 1.43. The van der Waals surface area contributed by atoms with Crippen LogP contribution in [0.2, 0.25) is 0 Å². The van der Waals surface area contributed by atoms with Gasteiger partial charge in [0.15, 0.2) is 5.65 Å². The second-order valence-electron chi connectivity index (χ2n) is 8.04. The first kappa shape index (κ1) is 21.7. The molecule has 11 nitrogen and oxygen atoms in total. The number of aliphatic hydroxyl groups is 2. The molecule has 0 amide bonds. The van der Waals surface area contributed by atoms with Gasteiger partial charge in [0.1, 0.15) is 11.9 Å². The Hall–Kier alpha value is -3.16. The summed E-state index contributed by atoms with van der Waals surface area (Å²) in [5.41, 5.74) is 2.14. The van der Waals surface area contributed by atoms with E-state index < -0.39 is 34.5 Å². The highest BCUT2D eigenvalue weighted by Gasteiger charge is 2.42. The number of fused-ring (bicyclic) bond motifs is 2. The smallest absolute Gasteiger partial charge is 0.333 e. The first-order chi connectivity index (χ1) is 15.8. The number of pyridine rings is 1. The average Bonchev–Trinajstić information content (AvgIpc) is 3.34. The third kappa shape index (κ3) is 4.26. The summed E-state index contributed by atoms with van der Waals surface area (Å²) >= 11 is 0. The third-order valence-electron chi connectivity index (χ3n) is 5.88. The van der Waals surface area contributed by atoms with Crippen LogP contribution in [0, 0.1) is 5.92 Å². The molecule has 12 heteroatoms. The number of anilines is 1. The fraction of sp³-hybridized carbons (Fsp3) is 0.286. The van der Waals surface area contributed by atoms with Crippen LogP contribution in [0.5, 0.6) is 0 Å². The summed E-state index contributed by atoms with van der Waals surface area (Å²) in [5, 5.41) is 35.6. The molecule has 0 radical (unpaired) electrons. The predicted octanol–water partition coefficient (Wildman–Crippen LogP) is 0.687. The molecule has 0 spiro atoms. The first-order valence-electron chi connectivity index (χ1n) is 10.3. The van der Waals surface area contributed by atoms with Gasteiger partial charge in [-0.2, -0.15) is 18.0 Å². The lowest BCUT2D eigenvalue weighted by Crippen LogP contribution is -2.36. The largest absolute Gasteiger partial charge is 0.390 e. The lowest BCUT2D eigenvalue weighted by Gasteiger charge is -2.19. The van der Waals surface area contributed by atoms with Crippen molar-refractivity contribution in [2.24, 2.45) is 11.1 Å². The van der Waals surface area contributed by atoms with Crippen molar-refractivity contribution in [3.05, 3.63) is 55.0 Å². The molecule has 3 heterocycles. The highest BCUT2D eigenvalue weighted by Crippen LogP contribution is 2.31. The fourth-order valence-corrected chi connectivity index (χ4v) is 4.63. The van der Waals surface area contributed by atoms with Crippen molar-refractivity contribution in [2.45, 2.75) is 24.7 Å². The molecule has 1 aliphatic carbocycles. The number of benzene rings is 1. The molecular formula is C21H22N6O5S. The summed E-state index contributed by atoms with van der Waals surface area (Å²) < 4.78 is 28.4. The van der Waals surface area contributed by atoms with E-state index in [9.17, 15) is 18.6 Å². The van der Waals surface area contributed by atoms with Crippen molar-refractivity contribution in [1.82, 2.24) is 19.6 Å². The minimum Gasteiger partial charge on any atom is -0.390 e. The molecule has 172 valence electrons. The van der Waals surface area contributed by atoms with E-state index in [-0.39, 0.29) is 13.0 Å². The maximum atomic E-state index is 11.1. The van der Waals surface area contributed by atoms with Crippen LogP contribution in [-0.4, -0.2) is 63.1 Å². The molecule has 4 aromatic rings. The Kier molecular flexibility index (Phi) is 5.46. The molecule has 33 heavy (non-hydrogen) atoms. The third-order valence-corrected chi connectivity index (χ3v) is 6.35. The Labute approximate surface area is 189 Å². The molecule has 0 bridgehead atoms. The summed E-state index contributed by atoms with van der Waals surface area (Å²) in [6.45, 7) is -0.318. The van der Waals surface area contributed by atoms with Gasteiger partial charge in [0.2, 0.25) is 0 Å². The zero-order chi connectivity index (χ0) is 23.2. The summed E-state index contributed by atoms with van der Waals surface area (Å²) in [5.74, 6) is -0.0493. The predicted molar refractivity (Wildman–Crippen MR) is 120 cm³/mol. The fourth-order valence-electron chi connectivity index (χ4n) is 4.26. The maximum absolute atomic E-state index is 11.1. The van der Waals surface area contributed by atoms with Crippen LogP contribution in [0.15, 0.2) is 55.0 Å². The molecule has 0 unspecified atom stereocenters. The molecule has 1 saturated carbocycles.